The maximum Gasteiger partial charge on any atom is 0.178 e. The molecule has 3 aliphatic rings. The Hall–Kier alpha value is 0.570. The van der Waals surface area contributed by atoms with Crippen molar-refractivity contribution in [3.63, 3.8) is 0 Å². The zero-order chi connectivity index (χ0) is 8.84. The quantitative estimate of drug-likeness (QED) is 0.540. The average Bonchev–Trinajstić information content (AvgIpc) is 2.71. The molecule has 0 aliphatic carbocycles. The maximum atomic E-state index is 6.23. The molecular formula is C5H2ClN3S4. The summed E-state index contributed by atoms with van der Waals surface area (Å²) >= 11 is 6.23. The Morgan fingerprint density at radius 2 is 2.38 bits per heavy atom. The minimum absolute atomic E-state index is 0.187. The SMILES string of the molecule is ClC1=C2SSN=C2N=C2NSSC21. The van der Waals surface area contributed by atoms with Crippen molar-refractivity contribution in [2.45, 2.75) is 5.25 Å². The maximum absolute atomic E-state index is 6.23. The molecule has 68 valence electrons. The van der Waals surface area contributed by atoms with Gasteiger partial charge in [0.25, 0.3) is 0 Å². The van der Waals surface area contributed by atoms with Gasteiger partial charge in [0.15, 0.2) is 5.84 Å². The molecule has 0 aromatic rings. The van der Waals surface area contributed by atoms with Crippen molar-refractivity contribution in [3.05, 3.63) is 9.94 Å². The van der Waals surface area contributed by atoms with Crippen molar-refractivity contribution in [3.8, 4) is 0 Å². The summed E-state index contributed by atoms with van der Waals surface area (Å²) in [5.74, 6) is 1.69. The number of aliphatic imine (C=N–C) groups is 1. The molecule has 3 heterocycles. The van der Waals surface area contributed by atoms with E-state index in [0.717, 1.165) is 21.6 Å². The van der Waals surface area contributed by atoms with Crippen molar-refractivity contribution in [2.75, 3.05) is 0 Å². The number of fused-ring (bicyclic) bond motifs is 2. The van der Waals surface area contributed by atoms with E-state index in [2.05, 4.69) is 14.1 Å². The molecule has 1 unspecified atom stereocenters. The van der Waals surface area contributed by atoms with E-state index in [9.17, 15) is 0 Å². The van der Waals surface area contributed by atoms with Crippen LogP contribution in [0.1, 0.15) is 0 Å². The van der Waals surface area contributed by atoms with E-state index in [1.54, 1.807) is 32.6 Å². The second kappa shape index (κ2) is 3.30. The molecule has 1 atom stereocenters. The largest absolute Gasteiger partial charge is 0.307 e. The third kappa shape index (κ3) is 1.32. The van der Waals surface area contributed by atoms with Crippen LogP contribution in [-0.2, 0) is 0 Å². The summed E-state index contributed by atoms with van der Waals surface area (Å²) < 4.78 is 7.29. The number of amidine groups is 2. The second-order valence-electron chi connectivity index (χ2n) is 2.41. The van der Waals surface area contributed by atoms with Crippen molar-refractivity contribution in [1.82, 2.24) is 4.72 Å². The van der Waals surface area contributed by atoms with E-state index in [0.29, 0.717) is 0 Å². The molecule has 0 aromatic heterocycles. The summed E-state index contributed by atoms with van der Waals surface area (Å²) in [5.41, 5.74) is 0. The van der Waals surface area contributed by atoms with Crippen LogP contribution in [0.3, 0.4) is 0 Å². The Morgan fingerprint density at radius 1 is 1.46 bits per heavy atom. The van der Waals surface area contributed by atoms with Gasteiger partial charge in [0.05, 0.1) is 20.9 Å². The Bertz CT molecular complexity index is 363. The third-order valence-electron chi connectivity index (χ3n) is 1.66. The fourth-order valence-electron chi connectivity index (χ4n) is 1.08. The van der Waals surface area contributed by atoms with Gasteiger partial charge in [0.1, 0.15) is 11.1 Å². The number of halogens is 1. The number of hydrogen-bond donors (Lipinski definition) is 1. The van der Waals surface area contributed by atoms with E-state index >= 15 is 0 Å². The summed E-state index contributed by atoms with van der Waals surface area (Å²) in [7, 11) is 6.28. The van der Waals surface area contributed by atoms with Crippen molar-refractivity contribution in [1.29, 1.82) is 0 Å². The van der Waals surface area contributed by atoms with Gasteiger partial charge in [-0.15, -0.1) is 0 Å². The predicted molar refractivity (Wildman–Crippen MR) is 65.0 cm³/mol. The average molecular weight is 268 g/mol. The molecule has 1 N–H and O–H groups in total. The lowest BCUT2D eigenvalue weighted by Gasteiger charge is -2.14. The molecule has 3 nitrogen and oxygen atoms in total. The highest BCUT2D eigenvalue weighted by Crippen LogP contribution is 2.49. The van der Waals surface area contributed by atoms with Crippen LogP contribution in [0.4, 0.5) is 0 Å². The molecular weight excluding hydrogens is 266 g/mol. The second-order valence-corrected chi connectivity index (χ2v) is 6.78. The minimum Gasteiger partial charge on any atom is -0.307 e. The van der Waals surface area contributed by atoms with Crippen molar-refractivity contribution in [2.24, 2.45) is 9.39 Å². The Balaban J connectivity index is 2.11. The lowest BCUT2D eigenvalue weighted by molar-refractivity contribution is 1.31. The van der Waals surface area contributed by atoms with Crippen molar-refractivity contribution >= 4 is 66.8 Å². The lowest BCUT2D eigenvalue weighted by Crippen LogP contribution is -2.27. The van der Waals surface area contributed by atoms with Crippen LogP contribution >= 0.6 is 55.1 Å². The Labute approximate surface area is 95.7 Å². The monoisotopic (exact) mass is 267 g/mol. The molecule has 1 saturated heterocycles. The summed E-state index contributed by atoms with van der Waals surface area (Å²) in [6.07, 6.45) is 0. The highest BCUT2D eigenvalue weighted by Gasteiger charge is 2.36. The summed E-state index contributed by atoms with van der Waals surface area (Å²) in [4.78, 5) is 5.41. The number of hydrogen-bond acceptors (Lipinski definition) is 7. The molecule has 0 saturated carbocycles. The van der Waals surface area contributed by atoms with Gasteiger partial charge in [-0.25, -0.2) is 4.99 Å². The molecule has 13 heavy (non-hydrogen) atoms. The van der Waals surface area contributed by atoms with Crippen LogP contribution in [0, 0.1) is 0 Å². The molecule has 0 spiro atoms. The molecule has 0 amide bonds. The molecule has 1 fully saturated rings. The van der Waals surface area contributed by atoms with Gasteiger partial charge in [-0.1, -0.05) is 22.4 Å². The summed E-state index contributed by atoms with van der Waals surface area (Å²) in [5, 5.41) is 1.05. The topological polar surface area (TPSA) is 36.8 Å². The van der Waals surface area contributed by atoms with Gasteiger partial charge in [-0.2, -0.15) is 4.40 Å². The molecule has 3 rings (SSSR count). The Morgan fingerprint density at radius 3 is 3.31 bits per heavy atom. The number of rotatable bonds is 0. The number of dihydropyridines is 1. The summed E-state index contributed by atoms with van der Waals surface area (Å²) in [6.45, 7) is 0. The molecule has 0 aromatic carbocycles. The molecule has 8 heteroatoms. The highest BCUT2D eigenvalue weighted by atomic mass is 35.5. The van der Waals surface area contributed by atoms with E-state index in [4.69, 9.17) is 11.6 Å². The van der Waals surface area contributed by atoms with E-state index in [1.165, 1.54) is 11.0 Å². The Kier molecular flexibility index (Phi) is 2.25. The zero-order valence-corrected chi connectivity index (χ0v) is 10.0. The first-order valence-electron chi connectivity index (χ1n) is 3.35. The van der Waals surface area contributed by atoms with Crippen molar-refractivity contribution < 1.29 is 0 Å². The van der Waals surface area contributed by atoms with Crippen LogP contribution < -0.4 is 4.72 Å². The molecule has 0 radical (unpaired) electrons. The van der Waals surface area contributed by atoms with E-state index < -0.39 is 0 Å². The predicted octanol–water partition coefficient (Wildman–Crippen LogP) is 2.83. The van der Waals surface area contributed by atoms with Gasteiger partial charge >= 0.3 is 0 Å². The van der Waals surface area contributed by atoms with Gasteiger partial charge in [0, 0.05) is 11.0 Å². The highest BCUT2D eigenvalue weighted by molar-refractivity contribution is 8.78. The first-order valence-corrected chi connectivity index (χ1v) is 8.04. The third-order valence-corrected chi connectivity index (χ3v) is 6.30. The first kappa shape index (κ1) is 8.84. The smallest absolute Gasteiger partial charge is 0.178 e. The summed E-state index contributed by atoms with van der Waals surface area (Å²) in [6, 6.07) is 0. The van der Waals surface area contributed by atoms with Gasteiger partial charge < -0.3 is 4.72 Å². The minimum atomic E-state index is 0.187. The van der Waals surface area contributed by atoms with Gasteiger partial charge in [-0.3, -0.25) is 0 Å². The van der Waals surface area contributed by atoms with Gasteiger partial charge in [0.2, 0.25) is 0 Å². The van der Waals surface area contributed by atoms with Crippen LogP contribution in [0.25, 0.3) is 0 Å². The number of nitrogens with zero attached hydrogens (tertiary/aromatic N) is 2. The van der Waals surface area contributed by atoms with Gasteiger partial charge in [-0.05, 0) is 10.8 Å². The standard InChI is InChI=1S/C5H2ClN3S4/c6-1-2-4(8-12-10-2)7-5-3(1)11-13-9-5/h2H,(H,7,8,9). The lowest BCUT2D eigenvalue weighted by atomic mass is 10.2. The normalized spacial score (nSPS) is 30.7. The van der Waals surface area contributed by atoms with Crippen LogP contribution in [0.5, 0.6) is 0 Å². The molecule has 0 bridgehead atoms. The molecule has 3 aliphatic heterocycles. The number of nitrogens with one attached hydrogen (secondary N) is 1. The zero-order valence-electron chi connectivity index (χ0n) is 5.98. The van der Waals surface area contributed by atoms with Crippen LogP contribution in [0.15, 0.2) is 19.3 Å². The fraction of sp³-hybridized carbons (Fsp3) is 0.200. The fourth-order valence-corrected chi connectivity index (χ4v) is 5.79. The first-order chi connectivity index (χ1) is 6.36. The van der Waals surface area contributed by atoms with Crippen LogP contribution in [-0.4, -0.2) is 16.9 Å². The van der Waals surface area contributed by atoms with E-state index in [-0.39, 0.29) is 5.25 Å². The van der Waals surface area contributed by atoms with E-state index in [1.807, 2.05) is 0 Å². The van der Waals surface area contributed by atoms with Crippen LogP contribution in [0.2, 0.25) is 0 Å².